The van der Waals surface area contributed by atoms with Crippen molar-refractivity contribution < 1.29 is 4.79 Å². The van der Waals surface area contributed by atoms with Crippen LogP contribution in [-0.4, -0.2) is 36.0 Å². The fourth-order valence-corrected chi connectivity index (χ4v) is 1.63. The molecule has 5 nitrogen and oxygen atoms in total. The highest BCUT2D eigenvalue weighted by atomic mass is 35.5. The topological polar surface area (TPSA) is 58.1 Å². The van der Waals surface area contributed by atoms with Crippen LogP contribution in [-0.2, 0) is 4.79 Å². The van der Waals surface area contributed by atoms with Crippen LogP contribution in [0.4, 0.5) is 5.82 Å². The number of rotatable bonds is 5. The van der Waals surface area contributed by atoms with E-state index in [2.05, 4.69) is 15.3 Å². The number of anilines is 1. The third kappa shape index (κ3) is 4.99. The van der Waals surface area contributed by atoms with Gasteiger partial charge in [0.1, 0.15) is 16.8 Å². The van der Waals surface area contributed by atoms with E-state index in [0.717, 1.165) is 18.8 Å². The van der Waals surface area contributed by atoms with E-state index in [4.69, 9.17) is 11.6 Å². The Labute approximate surface area is 106 Å². The van der Waals surface area contributed by atoms with Crippen LogP contribution in [0.1, 0.15) is 19.2 Å². The molecule has 0 aliphatic heterocycles. The van der Waals surface area contributed by atoms with Gasteiger partial charge < -0.3 is 10.2 Å². The molecule has 0 unspecified atom stereocenters. The fraction of sp³-hybridized carbons (Fsp3) is 0.545. The first-order valence-electron chi connectivity index (χ1n) is 5.46. The molecule has 1 heterocycles. The Morgan fingerprint density at radius 3 is 2.82 bits per heavy atom. The molecular formula is C11H17ClN4O. The summed E-state index contributed by atoms with van der Waals surface area (Å²) >= 11 is 5.86. The predicted molar refractivity (Wildman–Crippen MR) is 68.3 cm³/mol. The van der Waals surface area contributed by atoms with Crippen molar-refractivity contribution in [2.45, 2.75) is 20.3 Å². The first-order valence-corrected chi connectivity index (χ1v) is 5.83. The Morgan fingerprint density at radius 2 is 2.24 bits per heavy atom. The monoisotopic (exact) mass is 256 g/mol. The maximum Gasteiger partial charge on any atom is 0.216 e. The van der Waals surface area contributed by atoms with Gasteiger partial charge in [-0.2, -0.15) is 0 Å². The number of hydrogen-bond acceptors (Lipinski definition) is 4. The Bertz CT molecular complexity index is 377. The zero-order valence-electron chi connectivity index (χ0n) is 10.3. The first kappa shape index (κ1) is 13.7. The number of hydrogen-bond donors (Lipinski definition) is 1. The largest absolute Gasteiger partial charge is 0.359 e. The summed E-state index contributed by atoms with van der Waals surface area (Å²) in [6.07, 6.45) is 0.858. The summed E-state index contributed by atoms with van der Waals surface area (Å²) in [6.45, 7) is 4.78. The molecule has 0 aliphatic carbocycles. The zero-order valence-corrected chi connectivity index (χ0v) is 11.1. The molecule has 6 heteroatoms. The highest BCUT2D eigenvalue weighted by Crippen LogP contribution is 2.14. The molecule has 0 saturated carbocycles. The van der Waals surface area contributed by atoms with Gasteiger partial charge in [0.25, 0.3) is 0 Å². The van der Waals surface area contributed by atoms with Gasteiger partial charge in [0, 0.05) is 33.1 Å². The molecule has 0 aromatic carbocycles. The molecule has 17 heavy (non-hydrogen) atoms. The van der Waals surface area contributed by atoms with Gasteiger partial charge in [-0.1, -0.05) is 11.6 Å². The minimum absolute atomic E-state index is 0.00595. The number of aromatic nitrogens is 2. The van der Waals surface area contributed by atoms with Crippen molar-refractivity contribution in [2.24, 2.45) is 0 Å². The number of nitrogens with zero attached hydrogens (tertiary/aromatic N) is 3. The second-order valence-electron chi connectivity index (χ2n) is 3.85. The van der Waals surface area contributed by atoms with Crippen LogP contribution in [0.2, 0.25) is 5.15 Å². The van der Waals surface area contributed by atoms with E-state index >= 15 is 0 Å². The molecule has 0 fully saturated rings. The number of nitrogens with one attached hydrogen (secondary N) is 1. The van der Waals surface area contributed by atoms with Gasteiger partial charge in [-0.3, -0.25) is 4.79 Å². The van der Waals surface area contributed by atoms with Crippen molar-refractivity contribution in [3.8, 4) is 0 Å². The van der Waals surface area contributed by atoms with Crippen LogP contribution >= 0.6 is 11.6 Å². The molecule has 1 N–H and O–H groups in total. The summed E-state index contributed by atoms with van der Waals surface area (Å²) in [6, 6.07) is 1.73. The van der Waals surface area contributed by atoms with Crippen LogP contribution in [0.15, 0.2) is 6.07 Å². The summed E-state index contributed by atoms with van der Waals surface area (Å²) in [5.74, 6) is 1.44. The lowest BCUT2D eigenvalue weighted by molar-refractivity contribution is -0.118. The second-order valence-corrected chi connectivity index (χ2v) is 4.24. The van der Waals surface area contributed by atoms with Gasteiger partial charge in [0.2, 0.25) is 5.91 Å². The molecule has 1 rings (SSSR count). The number of carbonyl (C=O) groups excluding carboxylic acids is 1. The van der Waals surface area contributed by atoms with E-state index in [9.17, 15) is 4.79 Å². The molecule has 0 bridgehead atoms. The molecule has 1 aromatic heterocycles. The molecule has 0 saturated heterocycles. The molecule has 0 aliphatic rings. The van der Waals surface area contributed by atoms with Crippen molar-refractivity contribution in [2.75, 3.05) is 25.0 Å². The molecule has 94 valence electrons. The van der Waals surface area contributed by atoms with Gasteiger partial charge in [-0.05, 0) is 13.3 Å². The predicted octanol–water partition coefficient (Wildman–Crippen LogP) is 1.40. The van der Waals surface area contributed by atoms with Gasteiger partial charge in [-0.25, -0.2) is 9.97 Å². The Balaban J connectivity index is 2.46. The summed E-state index contributed by atoms with van der Waals surface area (Å²) in [4.78, 5) is 21.0. The van der Waals surface area contributed by atoms with Crippen LogP contribution < -0.4 is 10.2 Å². The van der Waals surface area contributed by atoms with E-state index in [0.29, 0.717) is 17.5 Å². The van der Waals surface area contributed by atoms with E-state index < -0.39 is 0 Å². The van der Waals surface area contributed by atoms with Crippen LogP contribution in [0.3, 0.4) is 0 Å². The number of aryl methyl sites for hydroxylation is 1. The van der Waals surface area contributed by atoms with Crippen molar-refractivity contribution in [1.82, 2.24) is 15.3 Å². The third-order valence-corrected chi connectivity index (χ3v) is 2.42. The number of amides is 1. The van der Waals surface area contributed by atoms with Crippen molar-refractivity contribution in [1.29, 1.82) is 0 Å². The highest BCUT2D eigenvalue weighted by Gasteiger charge is 2.05. The summed E-state index contributed by atoms with van der Waals surface area (Å²) in [7, 11) is 1.94. The van der Waals surface area contributed by atoms with Crippen molar-refractivity contribution in [3.63, 3.8) is 0 Å². The van der Waals surface area contributed by atoms with Gasteiger partial charge in [-0.15, -0.1) is 0 Å². The molecule has 0 spiro atoms. The first-order chi connectivity index (χ1) is 7.99. The Morgan fingerprint density at radius 1 is 1.53 bits per heavy atom. The zero-order chi connectivity index (χ0) is 12.8. The minimum atomic E-state index is -0.00595. The van der Waals surface area contributed by atoms with E-state index in [-0.39, 0.29) is 5.91 Å². The standard InChI is InChI=1S/C11H17ClN4O/c1-8-14-10(12)7-11(15-8)16(3)6-4-5-13-9(2)17/h7H,4-6H2,1-3H3,(H,13,17). The lowest BCUT2D eigenvalue weighted by Gasteiger charge is -2.18. The van der Waals surface area contributed by atoms with Gasteiger partial charge >= 0.3 is 0 Å². The molecule has 1 aromatic rings. The highest BCUT2D eigenvalue weighted by molar-refractivity contribution is 6.29. The van der Waals surface area contributed by atoms with Crippen molar-refractivity contribution in [3.05, 3.63) is 17.0 Å². The molecule has 0 atom stereocenters. The van der Waals surface area contributed by atoms with Gasteiger partial charge in [0.15, 0.2) is 0 Å². The lowest BCUT2D eigenvalue weighted by Crippen LogP contribution is -2.26. The molecular weight excluding hydrogens is 240 g/mol. The summed E-state index contributed by atoms with van der Waals surface area (Å²) < 4.78 is 0. The lowest BCUT2D eigenvalue weighted by atomic mass is 10.3. The second kappa shape index (κ2) is 6.39. The fourth-order valence-electron chi connectivity index (χ4n) is 1.41. The average Bonchev–Trinajstić information content (AvgIpc) is 2.22. The normalized spacial score (nSPS) is 10.1. The Hall–Kier alpha value is -1.36. The number of carbonyl (C=O) groups is 1. The van der Waals surface area contributed by atoms with Gasteiger partial charge in [0.05, 0.1) is 0 Å². The summed E-state index contributed by atoms with van der Waals surface area (Å²) in [5.41, 5.74) is 0. The van der Waals surface area contributed by atoms with E-state index in [1.807, 2.05) is 11.9 Å². The van der Waals surface area contributed by atoms with Crippen LogP contribution in [0.25, 0.3) is 0 Å². The average molecular weight is 257 g/mol. The Kier molecular flexibility index (Phi) is 5.15. The van der Waals surface area contributed by atoms with Crippen molar-refractivity contribution >= 4 is 23.3 Å². The SMILES string of the molecule is CC(=O)NCCCN(C)c1cc(Cl)nc(C)n1. The smallest absolute Gasteiger partial charge is 0.216 e. The maximum atomic E-state index is 10.7. The molecule has 0 radical (unpaired) electrons. The summed E-state index contributed by atoms with van der Waals surface area (Å²) in [5, 5.41) is 3.20. The van der Waals surface area contributed by atoms with Crippen LogP contribution in [0, 0.1) is 6.92 Å². The van der Waals surface area contributed by atoms with E-state index in [1.165, 1.54) is 6.92 Å². The number of halogens is 1. The van der Waals surface area contributed by atoms with Crippen LogP contribution in [0.5, 0.6) is 0 Å². The quantitative estimate of drug-likeness (QED) is 0.639. The minimum Gasteiger partial charge on any atom is -0.359 e. The maximum absolute atomic E-state index is 10.7. The molecule has 1 amide bonds. The van der Waals surface area contributed by atoms with E-state index in [1.54, 1.807) is 13.0 Å². The third-order valence-electron chi connectivity index (χ3n) is 2.23.